The molecule has 1 N–H and O–H groups in total. The molecule has 0 aromatic heterocycles. The smallest absolute Gasteiger partial charge is 0.193 e. The summed E-state index contributed by atoms with van der Waals surface area (Å²) < 4.78 is 5.25. The highest BCUT2D eigenvalue weighted by atomic mass is 16.5. The SMILES string of the molecule is CCN1CCC(CNC(=NC)N2CCN(c3ccc(OC)cc3)CC2)C1. The third-order valence-corrected chi connectivity index (χ3v) is 5.59. The molecule has 0 aliphatic carbocycles. The van der Waals surface area contributed by atoms with E-state index < -0.39 is 0 Å². The van der Waals surface area contributed by atoms with Crippen molar-refractivity contribution in [2.45, 2.75) is 13.3 Å². The van der Waals surface area contributed by atoms with Crippen molar-refractivity contribution in [3.63, 3.8) is 0 Å². The van der Waals surface area contributed by atoms with Gasteiger partial charge in [-0.3, -0.25) is 4.99 Å². The maximum Gasteiger partial charge on any atom is 0.193 e. The number of hydrogen-bond donors (Lipinski definition) is 1. The van der Waals surface area contributed by atoms with Gasteiger partial charge >= 0.3 is 0 Å². The quantitative estimate of drug-likeness (QED) is 0.641. The van der Waals surface area contributed by atoms with Crippen LogP contribution in [0.3, 0.4) is 0 Å². The van der Waals surface area contributed by atoms with Crippen molar-refractivity contribution in [3.05, 3.63) is 24.3 Å². The van der Waals surface area contributed by atoms with Crippen LogP contribution in [0.15, 0.2) is 29.3 Å². The molecule has 0 radical (unpaired) electrons. The predicted octanol–water partition coefficient (Wildman–Crippen LogP) is 1.73. The van der Waals surface area contributed by atoms with Crippen LogP contribution in [-0.4, -0.2) is 82.3 Å². The maximum atomic E-state index is 5.25. The molecule has 2 aliphatic rings. The molecule has 0 spiro atoms. The standard InChI is InChI=1S/C20H33N5O/c1-4-23-10-9-17(16-23)15-22-20(21-2)25-13-11-24(12-14-25)18-5-7-19(26-3)8-6-18/h5-8,17H,4,9-16H2,1-3H3,(H,21,22). The summed E-state index contributed by atoms with van der Waals surface area (Å²) in [6.45, 7) is 10.9. The monoisotopic (exact) mass is 359 g/mol. The summed E-state index contributed by atoms with van der Waals surface area (Å²) in [6, 6.07) is 8.34. The van der Waals surface area contributed by atoms with Gasteiger partial charge < -0.3 is 24.8 Å². The molecule has 2 aliphatic heterocycles. The average Bonchev–Trinajstić information content (AvgIpc) is 3.17. The topological polar surface area (TPSA) is 43.3 Å². The number of nitrogens with zero attached hydrogens (tertiary/aromatic N) is 4. The largest absolute Gasteiger partial charge is 0.497 e. The number of benzene rings is 1. The summed E-state index contributed by atoms with van der Waals surface area (Å²) in [6.07, 6.45) is 1.29. The second-order valence-corrected chi connectivity index (χ2v) is 7.15. The highest BCUT2D eigenvalue weighted by Gasteiger charge is 2.23. The molecular formula is C20H33N5O. The molecule has 2 saturated heterocycles. The number of likely N-dealkylation sites (tertiary alicyclic amines) is 1. The van der Waals surface area contributed by atoms with Gasteiger partial charge in [-0.25, -0.2) is 0 Å². The van der Waals surface area contributed by atoms with Gasteiger partial charge in [0.05, 0.1) is 7.11 Å². The number of nitrogens with one attached hydrogen (secondary N) is 1. The lowest BCUT2D eigenvalue weighted by atomic mass is 10.1. The minimum atomic E-state index is 0.743. The number of guanidine groups is 1. The van der Waals surface area contributed by atoms with Crippen LogP contribution in [0.5, 0.6) is 5.75 Å². The summed E-state index contributed by atoms with van der Waals surface area (Å²) in [5, 5.41) is 3.61. The summed E-state index contributed by atoms with van der Waals surface area (Å²) >= 11 is 0. The van der Waals surface area contributed by atoms with Crippen molar-refractivity contribution >= 4 is 11.6 Å². The fourth-order valence-corrected chi connectivity index (χ4v) is 3.90. The van der Waals surface area contributed by atoms with Crippen LogP contribution >= 0.6 is 0 Å². The molecule has 26 heavy (non-hydrogen) atoms. The predicted molar refractivity (Wildman–Crippen MR) is 108 cm³/mol. The van der Waals surface area contributed by atoms with Crippen molar-refractivity contribution < 1.29 is 4.74 Å². The molecular weight excluding hydrogens is 326 g/mol. The van der Waals surface area contributed by atoms with Crippen molar-refractivity contribution in [2.24, 2.45) is 10.9 Å². The molecule has 6 nitrogen and oxygen atoms in total. The van der Waals surface area contributed by atoms with E-state index in [1.807, 2.05) is 19.2 Å². The molecule has 1 atom stereocenters. The Kier molecular flexibility index (Phi) is 6.61. The fraction of sp³-hybridized carbons (Fsp3) is 0.650. The number of methoxy groups -OCH3 is 1. The Morgan fingerprint density at radius 2 is 1.88 bits per heavy atom. The maximum absolute atomic E-state index is 5.25. The Balaban J connectivity index is 1.46. The van der Waals surface area contributed by atoms with Gasteiger partial charge in [-0.05, 0) is 49.7 Å². The summed E-state index contributed by atoms with van der Waals surface area (Å²) in [5.74, 6) is 2.70. The van der Waals surface area contributed by atoms with Crippen LogP contribution in [0.1, 0.15) is 13.3 Å². The lowest BCUT2D eigenvalue weighted by molar-refractivity contribution is 0.337. The van der Waals surface area contributed by atoms with Crippen LogP contribution in [0.25, 0.3) is 0 Å². The van der Waals surface area contributed by atoms with Gasteiger partial charge in [0.25, 0.3) is 0 Å². The zero-order valence-electron chi connectivity index (χ0n) is 16.4. The minimum absolute atomic E-state index is 0.743. The number of ether oxygens (including phenoxy) is 1. The van der Waals surface area contributed by atoms with Gasteiger partial charge in [-0.1, -0.05) is 6.92 Å². The van der Waals surface area contributed by atoms with E-state index in [0.29, 0.717) is 0 Å². The summed E-state index contributed by atoms with van der Waals surface area (Å²) in [4.78, 5) is 11.9. The molecule has 2 heterocycles. The highest BCUT2D eigenvalue weighted by Crippen LogP contribution is 2.20. The second-order valence-electron chi connectivity index (χ2n) is 7.15. The Morgan fingerprint density at radius 3 is 2.46 bits per heavy atom. The van der Waals surface area contributed by atoms with E-state index in [9.17, 15) is 0 Å². The van der Waals surface area contributed by atoms with E-state index in [1.54, 1.807) is 7.11 Å². The van der Waals surface area contributed by atoms with E-state index in [0.717, 1.165) is 50.4 Å². The third kappa shape index (κ3) is 4.61. The molecule has 0 saturated carbocycles. The van der Waals surface area contributed by atoms with Crippen LogP contribution in [0.2, 0.25) is 0 Å². The summed E-state index contributed by atoms with van der Waals surface area (Å²) in [7, 11) is 3.60. The van der Waals surface area contributed by atoms with Crippen molar-refractivity contribution in [3.8, 4) is 5.75 Å². The summed E-state index contributed by atoms with van der Waals surface area (Å²) in [5.41, 5.74) is 1.26. The minimum Gasteiger partial charge on any atom is -0.497 e. The Morgan fingerprint density at radius 1 is 1.15 bits per heavy atom. The first-order valence-corrected chi connectivity index (χ1v) is 9.80. The first kappa shape index (κ1) is 18.8. The molecule has 1 aromatic rings. The highest BCUT2D eigenvalue weighted by molar-refractivity contribution is 5.80. The van der Waals surface area contributed by atoms with E-state index in [1.165, 1.54) is 31.7 Å². The van der Waals surface area contributed by atoms with Gasteiger partial charge in [0.1, 0.15) is 5.75 Å². The number of anilines is 1. The lowest BCUT2D eigenvalue weighted by Gasteiger charge is -2.38. The third-order valence-electron chi connectivity index (χ3n) is 5.59. The molecule has 0 bridgehead atoms. The zero-order chi connectivity index (χ0) is 18.4. The van der Waals surface area contributed by atoms with Crippen molar-refractivity contribution in [2.75, 3.05) is 71.4 Å². The Labute approximate surface area is 157 Å². The number of rotatable bonds is 5. The van der Waals surface area contributed by atoms with Gasteiger partial charge in [0, 0.05) is 52.0 Å². The second kappa shape index (κ2) is 9.12. The van der Waals surface area contributed by atoms with E-state index in [-0.39, 0.29) is 0 Å². The lowest BCUT2D eigenvalue weighted by Crippen LogP contribution is -2.53. The first-order chi connectivity index (χ1) is 12.7. The Hall–Kier alpha value is -1.95. The van der Waals surface area contributed by atoms with Crippen LogP contribution in [-0.2, 0) is 0 Å². The molecule has 6 heteroatoms. The van der Waals surface area contributed by atoms with Gasteiger partial charge in [-0.2, -0.15) is 0 Å². The fourth-order valence-electron chi connectivity index (χ4n) is 3.90. The van der Waals surface area contributed by atoms with Gasteiger partial charge in [0.15, 0.2) is 5.96 Å². The molecule has 1 aromatic carbocycles. The van der Waals surface area contributed by atoms with Crippen molar-refractivity contribution in [1.29, 1.82) is 0 Å². The molecule has 3 rings (SSSR count). The van der Waals surface area contributed by atoms with Crippen LogP contribution < -0.4 is 15.0 Å². The molecule has 1 unspecified atom stereocenters. The molecule has 144 valence electrons. The van der Waals surface area contributed by atoms with E-state index >= 15 is 0 Å². The number of aliphatic imine (C=N–C) groups is 1. The number of piperazine rings is 1. The normalized spacial score (nSPS) is 22.0. The van der Waals surface area contributed by atoms with Crippen LogP contribution in [0.4, 0.5) is 5.69 Å². The first-order valence-electron chi connectivity index (χ1n) is 9.80. The molecule has 2 fully saturated rings. The molecule has 0 amide bonds. The van der Waals surface area contributed by atoms with E-state index in [4.69, 9.17) is 4.74 Å². The zero-order valence-corrected chi connectivity index (χ0v) is 16.4. The number of hydrogen-bond acceptors (Lipinski definition) is 4. The van der Waals surface area contributed by atoms with Gasteiger partial charge in [-0.15, -0.1) is 0 Å². The average molecular weight is 360 g/mol. The Bertz CT molecular complexity index is 580. The van der Waals surface area contributed by atoms with E-state index in [2.05, 4.69) is 44.1 Å². The van der Waals surface area contributed by atoms with Gasteiger partial charge in [0.2, 0.25) is 0 Å². The van der Waals surface area contributed by atoms with Crippen LogP contribution in [0, 0.1) is 5.92 Å². The van der Waals surface area contributed by atoms with Crippen molar-refractivity contribution in [1.82, 2.24) is 15.1 Å².